The van der Waals surface area contributed by atoms with E-state index in [9.17, 15) is 49.1 Å². The second-order valence-electron chi connectivity index (χ2n) is 11.6. The van der Waals surface area contributed by atoms with Gasteiger partial charge in [0.25, 0.3) is 5.91 Å². The van der Waals surface area contributed by atoms with Gasteiger partial charge in [0.2, 0.25) is 5.95 Å². The Labute approximate surface area is 278 Å². The number of benzene rings is 2. The van der Waals surface area contributed by atoms with Gasteiger partial charge in [0, 0.05) is 44.1 Å². The van der Waals surface area contributed by atoms with Crippen molar-refractivity contribution in [2.24, 2.45) is 0 Å². The Hall–Kier alpha value is -3.89. The van der Waals surface area contributed by atoms with Gasteiger partial charge in [0.15, 0.2) is 0 Å². The van der Waals surface area contributed by atoms with Crippen molar-refractivity contribution in [3.05, 3.63) is 86.6 Å². The molecule has 0 fully saturated rings. The molecule has 0 aliphatic rings. The minimum Gasteiger partial charge on any atom is -0.460 e. The van der Waals surface area contributed by atoms with Gasteiger partial charge in [-0.05, 0) is 91.1 Å². The van der Waals surface area contributed by atoms with Crippen LogP contribution in [0.2, 0.25) is 0 Å². The molecule has 0 spiro atoms. The Morgan fingerprint density at radius 3 is 1.81 bits per heavy atom. The summed E-state index contributed by atoms with van der Waals surface area (Å²) < 4.78 is 129. The Bertz CT molecular complexity index is 1570. The van der Waals surface area contributed by atoms with Crippen LogP contribution in [0.1, 0.15) is 72.3 Å². The quantitative estimate of drug-likeness (QED) is 0.152. The number of halogens is 10. The standard InChI is InChI=1S/C31H30BrF9N4O3/c1-5-44(9-8-25(46)48-28(2,3)4)26(47)24-7-6-20(29(33,34)35)12-19(24)17-45(27-42-14-23(32)15-43-27)16-18-10-21(30(36,37)38)13-22(11-18)31(39,40)41/h6-7,10-15H,5,8-9,16-17H2,1-4H3. The summed E-state index contributed by atoms with van der Waals surface area (Å²) in [6, 6.07) is 3.16. The predicted octanol–water partition coefficient (Wildman–Crippen LogP) is 8.70. The van der Waals surface area contributed by atoms with Gasteiger partial charge in [-0.25, -0.2) is 9.97 Å². The molecule has 0 radical (unpaired) electrons. The molecule has 0 unspecified atom stereocenters. The number of esters is 1. The van der Waals surface area contributed by atoms with Crippen molar-refractivity contribution in [2.75, 3.05) is 18.0 Å². The lowest BCUT2D eigenvalue weighted by Gasteiger charge is -2.27. The molecule has 3 aromatic rings. The van der Waals surface area contributed by atoms with Gasteiger partial charge in [-0.15, -0.1) is 0 Å². The molecule has 262 valence electrons. The lowest BCUT2D eigenvalue weighted by atomic mass is 10.0. The summed E-state index contributed by atoms with van der Waals surface area (Å²) in [6.45, 7) is 5.01. The smallest absolute Gasteiger partial charge is 0.416 e. The van der Waals surface area contributed by atoms with E-state index in [1.54, 1.807) is 27.7 Å². The number of carbonyl (C=O) groups is 2. The normalized spacial score (nSPS) is 12.5. The predicted molar refractivity (Wildman–Crippen MR) is 160 cm³/mol. The summed E-state index contributed by atoms with van der Waals surface area (Å²) in [5.41, 5.74) is -6.20. The molecule has 0 atom stereocenters. The van der Waals surface area contributed by atoms with Crippen molar-refractivity contribution in [3.8, 4) is 0 Å². The first kappa shape index (κ1) is 38.6. The molecule has 0 aliphatic heterocycles. The fourth-order valence-electron chi connectivity index (χ4n) is 4.50. The molecule has 1 amide bonds. The Kier molecular flexibility index (Phi) is 11.8. The van der Waals surface area contributed by atoms with Gasteiger partial charge in [0.05, 0.1) is 27.6 Å². The van der Waals surface area contributed by atoms with Crippen LogP contribution in [0.4, 0.5) is 45.5 Å². The van der Waals surface area contributed by atoms with Crippen molar-refractivity contribution >= 4 is 33.8 Å². The number of hydrogen-bond donors (Lipinski definition) is 0. The van der Waals surface area contributed by atoms with Crippen LogP contribution in [-0.2, 0) is 41.1 Å². The van der Waals surface area contributed by atoms with Crippen LogP contribution >= 0.6 is 15.9 Å². The van der Waals surface area contributed by atoms with Gasteiger partial charge >= 0.3 is 24.5 Å². The zero-order valence-electron chi connectivity index (χ0n) is 25.9. The van der Waals surface area contributed by atoms with E-state index in [-0.39, 0.29) is 42.7 Å². The van der Waals surface area contributed by atoms with Crippen LogP contribution in [0.5, 0.6) is 0 Å². The minimum absolute atomic E-state index is 0.0338. The summed E-state index contributed by atoms with van der Waals surface area (Å²) in [6.07, 6.45) is -13.0. The number of alkyl halides is 9. The van der Waals surface area contributed by atoms with Gasteiger partial charge in [0.1, 0.15) is 5.60 Å². The largest absolute Gasteiger partial charge is 0.460 e. The molecule has 0 saturated heterocycles. The topological polar surface area (TPSA) is 75.6 Å². The molecule has 1 aromatic heterocycles. The van der Waals surface area contributed by atoms with E-state index in [1.807, 2.05) is 0 Å². The van der Waals surface area contributed by atoms with Gasteiger partial charge in [-0.1, -0.05) is 0 Å². The lowest BCUT2D eigenvalue weighted by Crippen LogP contribution is -2.35. The average Bonchev–Trinajstić information content (AvgIpc) is 2.95. The van der Waals surface area contributed by atoms with E-state index < -0.39 is 71.3 Å². The fourth-order valence-corrected chi connectivity index (χ4v) is 4.71. The van der Waals surface area contributed by atoms with Crippen LogP contribution in [-0.4, -0.2) is 45.4 Å². The van der Waals surface area contributed by atoms with Crippen LogP contribution in [0.25, 0.3) is 0 Å². The highest BCUT2D eigenvalue weighted by Gasteiger charge is 2.37. The maximum Gasteiger partial charge on any atom is 0.416 e. The number of carbonyl (C=O) groups excluding carboxylic acids is 2. The summed E-state index contributed by atoms with van der Waals surface area (Å²) >= 11 is 3.12. The van der Waals surface area contributed by atoms with E-state index in [2.05, 4.69) is 25.9 Å². The fraction of sp³-hybridized carbons (Fsp3) is 0.419. The van der Waals surface area contributed by atoms with Gasteiger partial charge in [-0.2, -0.15) is 39.5 Å². The lowest BCUT2D eigenvalue weighted by molar-refractivity contribution is -0.155. The minimum atomic E-state index is -5.15. The third-order valence-corrected chi connectivity index (χ3v) is 7.02. The van der Waals surface area contributed by atoms with E-state index >= 15 is 0 Å². The molecule has 17 heteroatoms. The number of hydrogen-bond acceptors (Lipinski definition) is 6. The number of amides is 1. The average molecular weight is 757 g/mol. The molecule has 48 heavy (non-hydrogen) atoms. The third kappa shape index (κ3) is 10.8. The van der Waals surface area contributed by atoms with Crippen LogP contribution in [0.15, 0.2) is 53.3 Å². The number of ether oxygens (including phenoxy) is 1. The van der Waals surface area contributed by atoms with E-state index in [0.29, 0.717) is 28.7 Å². The molecule has 0 bridgehead atoms. The number of rotatable bonds is 10. The SMILES string of the molecule is CCN(CCC(=O)OC(C)(C)C)C(=O)c1ccc(C(F)(F)F)cc1CN(Cc1cc(C(F)(F)F)cc(C(F)(F)F)c1)c1ncc(Br)cn1. The van der Waals surface area contributed by atoms with Gasteiger partial charge in [-0.3, -0.25) is 9.59 Å². The highest BCUT2D eigenvalue weighted by Crippen LogP contribution is 2.37. The first-order chi connectivity index (χ1) is 22.0. The van der Waals surface area contributed by atoms with Crippen molar-refractivity contribution in [1.29, 1.82) is 0 Å². The third-order valence-electron chi connectivity index (χ3n) is 6.61. The zero-order valence-corrected chi connectivity index (χ0v) is 27.5. The molecule has 0 N–H and O–H groups in total. The maximum absolute atomic E-state index is 13.8. The van der Waals surface area contributed by atoms with Crippen LogP contribution in [0, 0.1) is 0 Å². The summed E-state index contributed by atoms with van der Waals surface area (Å²) in [5.74, 6) is -1.67. The molecular formula is C31H30BrF9N4O3. The Morgan fingerprint density at radius 1 is 0.792 bits per heavy atom. The van der Waals surface area contributed by atoms with Crippen LogP contribution < -0.4 is 4.90 Å². The second kappa shape index (κ2) is 14.7. The molecule has 3 rings (SSSR count). The zero-order chi connectivity index (χ0) is 36.2. The van der Waals surface area contributed by atoms with Crippen molar-refractivity contribution in [2.45, 2.75) is 71.3 Å². The number of nitrogens with zero attached hydrogens (tertiary/aromatic N) is 4. The van der Waals surface area contributed by atoms with E-state index in [0.717, 1.165) is 11.0 Å². The van der Waals surface area contributed by atoms with Crippen molar-refractivity contribution in [3.63, 3.8) is 0 Å². The molecular weight excluding hydrogens is 727 g/mol. The van der Waals surface area contributed by atoms with E-state index in [4.69, 9.17) is 4.74 Å². The Balaban J connectivity index is 2.11. The van der Waals surface area contributed by atoms with Crippen molar-refractivity contribution < 1.29 is 53.8 Å². The molecule has 0 saturated carbocycles. The summed E-state index contributed by atoms with van der Waals surface area (Å²) in [5, 5.41) is 0. The van der Waals surface area contributed by atoms with Gasteiger partial charge < -0.3 is 14.5 Å². The maximum atomic E-state index is 13.8. The van der Waals surface area contributed by atoms with Crippen molar-refractivity contribution in [1.82, 2.24) is 14.9 Å². The number of anilines is 1. The molecule has 0 aliphatic carbocycles. The number of aromatic nitrogens is 2. The first-order valence-corrected chi connectivity index (χ1v) is 15.0. The monoisotopic (exact) mass is 756 g/mol. The molecule has 2 aromatic carbocycles. The highest BCUT2D eigenvalue weighted by atomic mass is 79.9. The molecule has 1 heterocycles. The highest BCUT2D eigenvalue weighted by molar-refractivity contribution is 9.10. The van der Waals surface area contributed by atoms with Crippen LogP contribution in [0.3, 0.4) is 0 Å². The summed E-state index contributed by atoms with van der Waals surface area (Å²) in [7, 11) is 0. The Morgan fingerprint density at radius 2 is 1.33 bits per heavy atom. The second-order valence-corrected chi connectivity index (χ2v) is 12.5. The van der Waals surface area contributed by atoms with E-state index in [1.165, 1.54) is 17.3 Å². The molecule has 7 nitrogen and oxygen atoms in total. The first-order valence-electron chi connectivity index (χ1n) is 14.2. The summed E-state index contributed by atoms with van der Waals surface area (Å²) in [4.78, 5) is 36.3.